The monoisotopic (exact) mass is 357 g/mol. The molecule has 5 heteroatoms. The highest BCUT2D eigenvalue weighted by Gasteiger charge is 2.19. The van der Waals surface area contributed by atoms with Crippen molar-refractivity contribution in [3.05, 3.63) is 65.5 Å². The maximum Gasteiger partial charge on any atom is 0.319 e. The number of amides is 2. The van der Waals surface area contributed by atoms with Crippen molar-refractivity contribution in [1.29, 1.82) is 0 Å². The van der Waals surface area contributed by atoms with Crippen LogP contribution in [0.1, 0.15) is 37.9 Å². The first kappa shape index (κ1) is 19.9. The highest BCUT2D eigenvalue weighted by molar-refractivity contribution is 5.90. The summed E-state index contributed by atoms with van der Waals surface area (Å²) in [6.45, 7) is 6.76. The molecule has 2 aromatic carbocycles. The van der Waals surface area contributed by atoms with E-state index < -0.39 is 0 Å². The molecule has 2 aromatic rings. The lowest BCUT2D eigenvalue weighted by Gasteiger charge is -2.26. The van der Waals surface area contributed by atoms with Crippen molar-refractivity contribution in [3.8, 4) is 0 Å². The summed E-state index contributed by atoms with van der Waals surface area (Å²) >= 11 is 0. The Balaban J connectivity index is 2.05. The van der Waals surface area contributed by atoms with E-state index in [-0.39, 0.29) is 23.3 Å². The van der Waals surface area contributed by atoms with Crippen LogP contribution in [0.15, 0.2) is 48.5 Å². The van der Waals surface area contributed by atoms with Gasteiger partial charge in [-0.1, -0.05) is 51.1 Å². The Kier molecular flexibility index (Phi) is 6.37. The molecule has 0 saturated heterocycles. The molecule has 1 unspecified atom stereocenters. The average Bonchev–Trinajstić information content (AvgIpc) is 2.56. The van der Waals surface area contributed by atoms with Crippen molar-refractivity contribution in [1.82, 2.24) is 10.2 Å². The second-order valence-corrected chi connectivity index (χ2v) is 7.66. The molecule has 0 aliphatic rings. The van der Waals surface area contributed by atoms with Crippen molar-refractivity contribution in [3.63, 3.8) is 0 Å². The first-order chi connectivity index (χ1) is 12.2. The van der Waals surface area contributed by atoms with E-state index >= 15 is 0 Å². The van der Waals surface area contributed by atoms with E-state index in [0.717, 1.165) is 16.8 Å². The minimum atomic E-state index is -0.268. The second-order valence-electron chi connectivity index (χ2n) is 7.66. The molecule has 1 atom stereocenters. The molecule has 140 valence electrons. The van der Waals surface area contributed by atoms with Crippen LogP contribution < -0.4 is 10.6 Å². The number of para-hydroxylation sites is 1. The number of hydrogen-bond acceptors (Lipinski definition) is 2. The van der Waals surface area contributed by atoms with Gasteiger partial charge in [-0.15, -0.1) is 0 Å². The molecule has 0 saturated carbocycles. The van der Waals surface area contributed by atoms with Crippen LogP contribution in [-0.4, -0.2) is 31.6 Å². The van der Waals surface area contributed by atoms with Crippen LogP contribution in [0.5, 0.6) is 0 Å². The van der Waals surface area contributed by atoms with Gasteiger partial charge in [-0.2, -0.15) is 0 Å². The molecule has 26 heavy (non-hydrogen) atoms. The zero-order valence-corrected chi connectivity index (χ0v) is 16.1. The van der Waals surface area contributed by atoms with Crippen molar-refractivity contribution in [2.45, 2.75) is 32.2 Å². The van der Waals surface area contributed by atoms with Gasteiger partial charge in [0.2, 0.25) is 0 Å². The fraction of sp³-hybridized carbons (Fsp3) is 0.381. The van der Waals surface area contributed by atoms with E-state index in [0.29, 0.717) is 6.54 Å². The average molecular weight is 357 g/mol. The van der Waals surface area contributed by atoms with Crippen LogP contribution in [0.3, 0.4) is 0 Å². The Bertz CT molecular complexity index is 736. The number of urea groups is 1. The van der Waals surface area contributed by atoms with Crippen LogP contribution in [-0.2, 0) is 5.41 Å². The fourth-order valence-electron chi connectivity index (χ4n) is 2.89. The number of rotatable bonds is 5. The summed E-state index contributed by atoms with van der Waals surface area (Å²) in [5.41, 5.74) is 2.77. The molecule has 0 aromatic heterocycles. The Morgan fingerprint density at radius 2 is 1.69 bits per heavy atom. The highest BCUT2D eigenvalue weighted by atomic mass is 19.1. The molecule has 2 N–H and O–H groups in total. The third-order valence-electron chi connectivity index (χ3n) is 4.32. The number of anilines is 1. The van der Waals surface area contributed by atoms with Crippen LogP contribution in [0.2, 0.25) is 0 Å². The maximum atomic E-state index is 13.1. The third-order valence-corrected chi connectivity index (χ3v) is 4.32. The van der Waals surface area contributed by atoms with Crippen molar-refractivity contribution in [2.24, 2.45) is 0 Å². The molecule has 0 radical (unpaired) electrons. The molecule has 0 fully saturated rings. The Morgan fingerprint density at radius 1 is 1.08 bits per heavy atom. The Morgan fingerprint density at radius 3 is 2.27 bits per heavy atom. The molecule has 0 bridgehead atoms. The summed E-state index contributed by atoms with van der Waals surface area (Å²) < 4.78 is 13.1. The fourth-order valence-corrected chi connectivity index (χ4v) is 2.89. The lowest BCUT2D eigenvalue weighted by Crippen LogP contribution is -2.37. The zero-order valence-electron chi connectivity index (χ0n) is 16.1. The molecule has 4 nitrogen and oxygen atoms in total. The molecule has 0 aliphatic carbocycles. The molecule has 0 aliphatic heterocycles. The Labute approximate surface area is 155 Å². The van der Waals surface area contributed by atoms with Gasteiger partial charge in [-0.25, -0.2) is 9.18 Å². The smallest absolute Gasteiger partial charge is 0.319 e. The first-order valence-corrected chi connectivity index (χ1v) is 8.74. The van der Waals surface area contributed by atoms with Gasteiger partial charge in [-0.05, 0) is 48.8 Å². The van der Waals surface area contributed by atoms with E-state index in [4.69, 9.17) is 0 Å². The van der Waals surface area contributed by atoms with Crippen LogP contribution in [0.4, 0.5) is 14.9 Å². The Hall–Kier alpha value is -2.40. The van der Waals surface area contributed by atoms with Crippen molar-refractivity contribution in [2.75, 3.05) is 26.0 Å². The molecule has 0 heterocycles. The van der Waals surface area contributed by atoms with Gasteiger partial charge >= 0.3 is 6.03 Å². The summed E-state index contributed by atoms with van der Waals surface area (Å²) in [6.07, 6.45) is 0. The lowest BCUT2D eigenvalue weighted by molar-refractivity contribution is 0.243. The second kappa shape index (κ2) is 8.32. The van der Waals surface area contributed by atoms with E-state index in [1.54, 1.807) is 12.1 Å². The first-order valence-electron chi connectivity index (χ1n) is 8.74. The van der Waals surface area contributed by atoms with Gasteiger partial charge in [0.1, 0.15) is 5.82 Å². The normalized spacial score (nSPS) is 12.7. The number of nitrogens with one attached hydrogen (secondary N) is 2. The summed E-state index contributed by atoms with van der Waals surface area (Å²) in [6, 6.07) is 13.9. The summed E-state index contributed by atoms with van der Waals surface area (Å²) in [7, 11) is 3.87. The number of halogens is 1. The summed E-state index contributed by atoms with van der Waals surface area (Å²) in [5, 5.41) is 5.86. The number of likely N-dealkylation sites (N-methyl/N-ethyl adjacent to an activating group) is 1. The molecule has 2 rings (SSSR count). The van der Waals surface area contributed by atoms with E-state index in [2.05, 4.69) is 31.4 Å². The topological polar surface area (TPSA) is 44.4 Å². The predicted octanol–water partition coefficient (Wildman–Crippen LogP) is 4.55. The minimum Gasteiger partial charge on any atom is -0.336 e. The number of carbonyl (C=O) groups is 1. The summed E-state index contributed by atoms with van der Waals surface area (Å²) in [5.74, 6) is -0.268. The van der Waals surface area contributed by atoms with Gasteiger partial charge in [0, 0.05) is 12.2 Å². The number of nitrogens with zero attached hydrogens (tertiary/aromatic N) is 1. The number of benzene rings is 2. The van der Waals surface area contributed by atoms with Gasteiger partial charge in [0.05, 0.1) is 6.04 Å². The SMILES string of the molecule is CN(C)C(CNC(=O)Nc1ccccc1C(C)(C)C)c1ccc(F)cc1. The predicted molar refractivity (Wildman–Crippen MR) is 105 cm³/mol. The largest absolute Gasteiger partial charge is 0.336 e. The maximum absolute atomic E-state index is 13.1. The van der Waals surface area contributed by atoms with E-state index in [1.807, 2.05) is 43.3 Å². The van der Waals surface area contributed by atoms with Gasteiger partial charge in [-0.3, -0.25) is 0 Å². The van der Waals surface area contributed by atoms with Gasteiger partial charge < -0.3 is 15.5 Å². The van der Waals surface area contributed by atoms with Crippen LogP contribution in [0, 0.1) is 5.82 Å². The minimum absolute atomic E-state index is 0.0424. The standard InChI is InChI=1S/C21H28FN3O/c1-21(2,3)17-8-6-7-9-18(17)24-20(26)23-14-19(25(4)5)15-10-12-16(22)13-11-15/h6-13,19H,14H2,1-5H3,(H2,23,24,26). The number of carbonyl (C=O) groups excluding carboxylic acids is 1. The molecule has 0 spiro atoms. The third kappa shape index (κ3) is 5.30. The summed E-state index contributed by atoms with van der Waals surface area (Å²) in [4.78, 5) is 14.4. The van der Waals surface area contributed by atoms with Crippen LogP contribution in [0.25, 0.3) is 0 Å². The molecule has 2 amide bonds. The van der Waals surface area contributed by atoms with Gasteiger partial charge in [0.15, 0.2) is 0 Å². The van der Waals surface area contributed by atoms with Gasteiger partial charge in [0.25, 0.3) is 0 Å². The highest BCUT2D eigenvalue weighted by Crippen LogP contribution is 2.29. The number of hydrogen-bond donors (Lipinski definition) is 2. The van der Waals surface area contributed by atoms with Crippen LogP contribution >= 0.6 is 0 Å². The van der Waals surface area contributed by atoms with E-state index in [1.165, 1.54) is 12.1 Å². The lowest BCUT2D eigenvalue weighted by atomic mass is 9.86. The molecular formula is C21H28FN3O. The van der Waals surface area contributed by atoms with Crippen molar-refractivity contribution < 1.29 is 9.18 Å². The van der Waals surface area contributed by atoms with Crippen molar-refractivity contribution >= 4 is 11.7 Å². The molecular weight excluding hydrogens is 329 g/mol. The quantitative estimate of drug-likeness (QED) is 0.825. The zero-order chi connectivity index (χ0) is 19.3. The van der Waals surface area contributed by atoms with E-state index in [9.17, 15) is 9.18 Å².